The molecule has 0 radical (unpaired) electrons. The van der Waals surface area contributed by atoms with Crippen LogP contribution in [-0.4, -0.2) is 18.5 Å². The standard InChI is InChI=1S/C45H26N4/c1-2-11-28-23-41-37(22-27(28)10-1)43-44-35(25-36-33-16-5-8-19-40(33)49(41)45(36)43)32-15-4-7-18-39(32)48(44)30-13-9-12-29(24-30)47-38-17-6-3-14-31(38)34-20-21-46-26-42(34)47/h1-26H. The highest BCUT2D eigenvalue weighted by atomic mass is 15.0. The molecule has 5 heterocycles. The van der Waals surface area contributed by atoms with E-state index in [4.69, 9.17) is 0 Å². The molecule has 0 N–H and O–H groups in total. The summed E-state index contributed by atoms with van der Waals surface area (Å²) in [5.41, 5.74) is 10.7. The number of benzene rings is 7. The van der Waals surface area contributed by atoms with Crippen molar-refractivity contribution in [3.63, 3.8) is 0 Å². The summed E-state index contributed by atoms with van der Waals surface area (Å²) >= 11 is 0. The summed E-state index contributed by atoms with van der Waals surface area (Å²) in [6.07, 6.45) is 3.87. The van der Waals surface area contributed by atoms with Crippen LogP contribution in [0.3, 0.4) is 0 Å². The molecule has 0 saturated heterocycles. The smallest absolute Gasteiger partial charge is 0.0724 e. The van der Waals surface area contributed by atoms with Gasteiger partial charge in [-0.25, -0.2) is 0 Å². The Bertz CT molecular complexity index is 3280. The zero-order chi connectivity index (χ0) is 31.8. The fourth-order valence-corrected chi connectivity index (χ4v) is 8.83. The van der Waals surface area contributed by atoms with E-state index >= 15 is 0 Å². The Morgan fingerprint density at radius 3 is 1.76 bits per heavy atom. The van der Waals surface area contributed by atoms with Gasteiger partial charge in [-0.2, -0.15) is 0 Å². The number of rotatable bonds is 2. The van der Waals surface area contributed by atoms with Crippen LogP contribution >= 0.6 is 0 Å². The van der Waals surface area contributed by atoms with Gasteiger partial charge in [0.2, 0.25) is 0 Å². The van der Waals surface area contributed by atoms with Crippen LogP contribution in [0.15, 0.2) is 158 Å². The molecule has 0 unspecified atom stereocenters. The van der Waals surface area contributed by atoms with Crippen molar-refractivity contribution >= 4 is 92.5 Å². The molecule has 4 heteroatoms. The lowest BCUT2D eigenvalue weighted by Crippen LogP contribution is -1.99. The number of fused-ring (bicyclic) bond motifs is 14. The molecule has 0 aliphatic rings. The van der Waals surface area contributed by atoms with Crippen molar-refractivity contribution in [3.8, 4) is 11.4 Å². The summed E-state index contributed by atoms with van der Waals surface area (Å²) in [7, 11) is 0. The zero-order valence-corrected chi connectivity index (χ0v) is 26.3. The molecule has 0 spiro atoms. The van der Waals surface area contributed by atoms with Gasteiger partial charge in [0.1, 0.15) is 0 Å². The molecule has 0 aliphatic heterocycles. The molecule has 5 aromatic heterocycles. The largest absolute Gasteiger partial charge is 0.308 e. The third-order valence-corrected chi connectivity index (χ3v) is 10.8. The third kappa shape index (κ3) is 3.16. The first-order valence-electron chi connectivity index (χ1n) is 16.8. The van der Waals surface area contributed by atoms with E-state index in [-0.39, 0.29) is 0 Å². The van der Waals surface area contributed by atoms with Gasteiger partial charge in [0, 0.05) is 60.7 Å². The highest BCUT2D eigenvalue weighted by Gasteiger charge is 2.25. The van der Waals surface area contributed by atoms with Gasteiger partial charge in [-0.05, 0) is 71.4 Å². The first-order valence-corrected chi connectivity index (χ1v) is 16.8. The van der Waals surface area contributed by atoms with E-state index < -0.39 is 0 Å². The van der Waals surface area contributed by atoms with Crippen LogP contribution in [0.5, 0.6) is 0 Å². The topological polar surface area (TPSA) is 27.2 Å². The Morgan fingerprint density at radius 2 is 0.959 bits per heavy atom. The predicted molar refractivity (Wildman–Crippen MR) is 205 cm³/mol. The van der Waals surface area contributed by atoms with E-state index in [9.17, 15) is 0 Å². The summed E-state index contributed by atoms with van der Waals surface area (Å²) < 4.78 is 7.36. The van der Waals surface area contributed by atoms with Crippen LogP contribution in [0, 0.1) is 0 Å². The van der Waals surface area contributed by atoms with Gasteiger partial charge in [-0.3, -0.25) is 4.98 Å². The van der Waals surface area contributed by atoms with E-state index in [0.717, 1.165) is 16.9 Å². The molecule has 0 fully saturated rings. The summed E-state index contributed by atoms with van der Waals surface area (Å²) in [5, 5.41) is 12.6. The summed E-state index contributed by atoms with van der Waals surface area (Å²) in [6, 6.07) is 53.5. The average molecular weight is 623 g/mol. The van der Waals surface area contributed by atoms with Crippen LogP contribution in [0.1, 0.15) is 0 Å². The van der Waals surface area contributed by atoms with E-state index in [1.807, 2.05) is 12.4 Å². The second kappa shape index (κ2) is 9.03. The maximum Gasteiger partial charge on any atom is 0.0724 e. The van der Waals surface area contributed by atoms with E-state index in [0.29, 0.717) is 0 Å². The molecule has 7 aromatic carbocycles. The Morgan fingerprint density at radius 1 is 0.367 bits per heavy atom. The quantitative estimate of drug-likeness (QED) is 0.188. The molecule has 0 amide bonds. The van der Waals surface area contributed by atoms with E-state index in [1.54, 1.807) is 0 Å². The number of hydrogen-bond acceptors (Lipinski definition) is 1. The van der Waals surface area contributed by atoms with Crippen molar-refractivity contribution in [3.05, 3.63) is 158 Å². The summed E-state index contributed by atoms with van der Waals surface area (Å²) in [5.74, 6) is 0. The van der Waals surface area contributed by atoms with Crippen molar-refractivity contribution in [2.24, 2.45) is 0 Å². The molecule has 49 heavy (non-hydrogen) atoms. The van der Waals surface area contributed by atoms with Crippen LogP contribution in [-0.2, 0) is 0 Å². The van der Waals surface area contributed by atoms with Crippen molar-refractivity contribution in [2.75, 3.05) is 0 Å². The molecule has 0 aliphatic carbocycles. The molecule has 0 saturated carbocycles. The summed E-state index contributed by atoms with van der Waals surface area (Å²) in [6.45, 7) is 0. The number of hydrogen-bond donors (Lipinski definition) is 0. The molecule has 0 bridgehead atoms. The minimum Gasteiger partial charge on any atom is -0.308 e. The Labute approximate surface area is 279 Å². The monoisotopic (exact) mass is 622 g/mol. The second-order valence-corrected chi connectivity index (χ2v) is 13.2. The highest BCUT2D eigenvalue weighted by molar-refractivity contribution is 6.34. The predicted octanol–water partition coefficient (Wildman–Crippen LogP) is 11.6. The fourth-order valence-electron chi connectivity index (χ4n) is 8.83. The number of aromatic nitrogens is 4. The fraction of sp³-hybridized carbons (Fsp3) is 0. The Hall–Kier alpha value is -6.65. The number of pyridine rings is 1. The van der Waals surface area contributed by atoms with Gasteiger partial charge in [0.15, 0.2) is 0 Å². The van der Waals surface area contributed by atoms with E-state index in [1.165, 1.54) is 87.0 Å². The van der Waals surface area contributed by atoms with Gasteiger partial charge in [0.05, 0.1) is 44.8 Å². The molecule has 12 rings (SSSR count). The van der Waals surface area contributed by atoms with Crippen LogP contribution in [0.4, 0.5) is 0 Å². The van der Waals surface area contributed by atoms with E-state index in [2.05, 4.69) is 164 Å². The Kier molecular flexibility index (Phi) is 4.69. The van der Waals surface area contributed by atoms with Gasteiger partial charge >= 0.3 is 0 Å². The van der Waals surface area contributed by atoms with Crippen LogP contribution in [0.25, 0.3) is 104 Å². The summed E-state index contributed by atoms with van der Waals surface area (Å²) in [4.78, 5) is 4.54. The van der Waals surface area contributed by atoms with Crippen molar-refractivity contribution in [1.82, 2.24) is 18.5 Å². The van der Waals surface area contributed by atoms with Crippen LogP contribution in [0.2, 0.25) is 0 Å². The zero-order valence-electron chi connectivity index (χ0n) is 26.3. The molecule has 12 aromatic rings. The molecular formula is C45H26N4. The first-order chi connectivity index (χ1) is 24.3. The van der Waals surface area contributed by atoms with Crippen molar-refractivity contribution < 1.29 is 0 Å². The Balaban J connectivity index is 1.27. The van der Waals surface area contributed by atoms with Gasteiger partial charge in [-0.15, -0.1) is 0 Å². The van der Waals surface area contributed by atoms with Crippen LogP contribution < -0.4 is 0 Å². The van der Waals surface area contributed by atoms with Crippen molar-refractivity contribution in [1.29, 1.82) is 0 Å². The lowest BCUT2D eigenvalue weighted by atomic mass is 10.0. The maximum absolute atomic E-state index is 4.54. The maximum atomic E-state index is 4.54. The molecule has 226 valence electrons. The van der Waals surface area contributed by atoms with Gasteiger partial charge in [-0.1, -0.05) is 84.9 Å². The minimum atomic E-state index is 1.11. The highest BCUT2D eigenvalue weighted by Crippen LogP contribution is 2.47. The normalized spacial score (nSPS) is 12.5. The molecule has 0 atom stereocenters. The van der Waals surface area contributed by atoms with Gasteiger partial charge in [0.25, 0.3) is 0 Å². The SMILES string of the molecule is c1cc(-n2c3ccccc3c3ccncc32)cc(-n2c3ccccc3c3cc4c5ccccc5n5c6cc7ccccc7cc6c(c32)c45)c1. The van der Waals surface area contributed by atoms with Gasteiger partial charge < -0.3 is 13.5 Å². The average Bonchev–Trinajstić information content (AvgIpc) is 3.88. The molecular weight excluding hydrogens is 597 g/mol. The lowest BCUT2D eigenvalue weighted by molar-refractivity contribution is 1.13. The first kappa shape index (κ1) is 25.4. The third-order valence-electron chi connectivity index (χ3n) is 10.8. The second-order valence-electron chi connectivity index (χ2n) is 13.2. The number of para-hydroxylation sites is 3. The number of nitrogens with zero attached hydrogens (tertiary/aromatic N) is 4. The lowest BCUT2D eigenvalue weighted by Gasteiger charge is -2.13. The van der Waals surface area contributed by atoms with Crippen molar-refractivity contribution in [2.45, 2.75) is 0 Å². The minimum absolute atomic E-state index is 1.11. The molecule has 4 nitrogen and oxygen atoms in total.